The molecular weight excluding hydrogens is 214 g/mol. The van der Waals surface area contributed by atoms with Crippen molar-refractivity contribution in [2.75, 3.05) is 0 Å². The van der Waals surface area contributed by atoms with Crippen LogP contribution in [0, 0.1) is 10.1 Å². The standard InChI is InChI=1S/C9H7N3O4/c1-2-8(13)11-9(14)6-3-4-10-5-7(6)12(15)16/h2-5H,1H2,(H,11,13,14). The summed E-state index contributed by atoms with van der Waals surface area (Å²) in [6.45, 7) is 3.15. The van der Waals surface area contributed by atoms with Gasteiger partial charge in [0.05, 0.1) is 4.92 Å². The van der Waals surface area contributed by atoms with E-state index >= 15 is 0 Å². The van der Waals surface area contributed by atoms with E-state index in [4.69, 9.17) is 0 Å². The van der Waals surface area contributed by atoms with Crippen molar-refractivity contribution in [3.63, 3.8) is 0 Å². The predicted molar refractivity (Wildman–Crippen MR) is 53.6 cm³/mol. The third kappa shape index (κ3) is 2.47. The number of imide groups is 1. The van der Waals surface area contributed by atoms with Gasteiger partial charge in [-0.05, 0) is 12.1 Å². The van der Waals surface area contributed by atoms with E-state index in [0.29, 0.717) is 0 Å². The van der Waals surface area contributed by atoms with E-state index in [0.717, 1.165) is 18.3 Å². The Morgan fingerprint density at radius 2 is 2.25 bits per heavy atom. The SMILES string of the molecule is C=CC(=O)NC(=O)c1ccncc1[N+](=O)[O-]. The Kier molecular flexibility index (Phi) is 3.44. The first-order valence-electron chi connectivity index (χ1n) is 4.12. The van der Waals surface area contributed by atoms with E-state index in [1.165, 1.54) is 6.20 Å². The van der Waals surface area contributed by atoms with Crippen LogP contribution in [0.4, 0.5) is 5.69 Å². The molecule has 1 heterocycles. The van der Waals surface area contributed by atoms with Crippen molar-refractivity contribution in [1.29, 1.82) is 0 Å². The van der Waals surface area contributed by atoms with Gasteiger partial charge in [0.1, 0.15) is 11.8 Å². The number of hydrogen-bond acceptors (Lipinski definition) is 5. The van der Waals surface area contributed by atoms with E-state index in [9.17, 15) is 19.7 Å². The number of nitrogens with zero attached hydrogens (tertiary/aromatic N) is 2. The molecule has 1 rings (SSSR count). The summed E-state index contributed by atoms with van der Waals surface area (Å²) in [5, 5.41) is 12.5. The lowest BCUT2D eigenvalue weighted by molar-refractivity contribution is -0.385. The summed E-state index contributed by atoms with van der Waals surface area (Å²) in [5.74, 6) is -1.59. The Balaban J connectivity index is 3.03. The van der Waals surface area contributed by atoms with Crippen molar-refractivity contribution in [2.24, 2.45) is 0 Å². The third-order valence-corrected chi connectivity index (χ3v) is 1.66. The summed E-state index contributed by atoms with van der Waals surface area (Å²) in [6, 6.07) is 1.16. The number of carbonyl (C=O) groups excluding carboxylic acids is 2. The zero-order chi connectivity index (χ0) is 12.1. The van der Waals surface area contributed by atoms with Crippen LogP contribution in [0.15, 0.2) is 31.1 Å². The minimum Gasteiger partial charge on any atom is -0.288 e. The molecule has 0 fully saturated rings. The molecule has 0 saturated carbocycles. The third-order valence-electron chi connectivity index (χ3n) is 1.66. The van der Waals surface area contributed by atoms with Gasteiger partial charge in [-0.1, -0.05) is 6.58 Å². The highest BCUT2D eigenvalue weighted by Gasteiger charge is 2.20. The molecular formula is C9H7N3O4. The van der Waals surface area contributed by atoms with Gasteiger partial charge in [-0.25, -0.2) is 0 Å². The van der Waals surface area contributed by atoms with Crippen molar-refractivity contribution in [1.82, 2.24) is 10.3 Å². The molecule has 0 aliphatic heterocycles. The second-order valence-electron chi connectivity index (χ2n) is 2.67. The van der Waals surface area contributed by atoms with Gasteiger partial charge >= 0.3 is 0 Å². The normalized spacial score (nSPS) is 9.25. The largest absolute Gasteiger partial charge is 0.300 e. The van der Waals surface area contributed by atoms with Gasteiger partial charge in [-0.3, -0.25) is 30.0 Å². The predicted octanol–water partition coefficient (Wildman–Crippen LogP) is 0.432. The minimum atomic E-state index is -0.862. The molecule has 0 spiro atoms. The highest BCUT2D eigenvalue weighted by molar-refractivity contribution is 6.09. The molecule has 0 bridgehead atoms. The number of amides is 2. The summed E-state index contributed by atoms with van der Waals surface area (Å²) in [6.07, 6.45) is 3.05. The average Bonchev–Trinajstić information content (AvgIpc) is 2.28. The molecule has 7 heteroatoms. The van der Waals surface area contributed by atoms with Crippen LogP contribution in [0.1, 0.15) is 10.4 Å². The average molecular weight is 221 g/mol. The number of nitro groups is 1. The summed E-state index contributed by atoms with van der Waals surface area (Å²) >= 11 is 0. The van der Waals surface area contributed by atoms with Gasteiger partial charge < -0.3 is 0 Å². The van der Waals surface area contributed by atoms with Gasteiger partial charge in [0.15, 0.2) is 0 Å². The Labute approximate surface area is 89.9 Å². The lowest BCUT2D eigenvalue weighted by Gasteiger charge is -2.01. The van der Waals surface area contributed by atoms with Crippen LogP contribution in [0.25, 0.3) is 0 Å². The van der Waals surface area contributed by atoms with E-state index in [1.54, 1.807) is 0 Å². The smallest absolute Gasteiger partial charge is 0.288 e. The molecule has 0 radical (unpaired) electrons. The van der Waals surface area contributed by atoms with E-state index in [1.807, 2.05) is 5.32 Å². The van der Waals surface area contributed by atoms with Crippen LogP contribution >= 0.6 is 0 Å². The first-order valence-corrected chi connectivity index (χ1v) is 4.12. The highest BCUT2D eigenvalue weighted by Crippen LogP contribution is 2.15. The summed E-state index contributed by atoms with van der Waals surface area (Å²) in [5.41, 5.74) is -0.688. The monoisotopic (exact) mass is 221 g/mol. The molecule has 2 amide bonds. The molecule has 0 aromatic carbocycles. The molecule has 1 aromatic rings. The van der Waals surface area contributed by atoms with Gasteiger partial charge in [-0.15, -0.1) is 0 Å². The zero-order valence-corrected chi connectivity index (χ0v) is 8.04. The molecule has 0 unspecified atom stereocenters. The number of aromatic nitrogens is 1. The fourth-order valence-electron chi connectivity index (χ4n) is 0.954. The molecule has 82 valence electrons. The van der Waals surface area contributed by atoms with Crippen molar-refractivity contribution in [3.05, 3.63) is 46.8 Å². The topological polar surface area (TPSA) is 102 Å². The molecule has 1 aromatic heterocycles. The molecule has 7 nitrogen and oxygen atoms in total. The van der Waals surface area contributed by atoms with Gasteiger partial charge in [0, 0.05) is 6.20 Å². The van der Waals surface area contributed by atoms with Crippen LogP contribution in [0.5, 0.6) is 0 Å². The van der Waals surface area contributed by atoms with Crippen molar-refractivity contribution < 1.29 is 14.5 Å². The van der Waals surface area contributed by atoms with Gasteiger partial charge in [0.25, 0.3) is 11.6 Å². The van der Waals surface area contributed by atoms with Crippen molar-refractivity contribution >= 4 is 17.5 Å². The fourth-order valence-corrected chi connectivity index (χ4v) is 0.954. The maximum atomic E-state index is 11.4. The van der Waals surface area contributed by atoms with Gasteiger partial charge in [0.2, 0.25) is 5.91 Å². The first kappa shape index (κ1) is 11.5. The summed E-state index contributed by atoms with van der Waals surface area (Å²) < 4.78 is 0. The van der Waals surface area contributed by atoms with Crippen molar-refractivity contribution in [2.45, 2.75) is 0 Å². The summed E-state index contributed by atoms with van der Waals surface area (Å²) in [7, 11) is 0. The first-order chi connectivity index (χ1) is 7.56. The Morgan fingerprint density at radius 1 is 1.56 bits per heavy atom. The lowest BCUT2D eigenvalue weighted by atomic mass is 10.2. The van der Waals surface area contributed by atoms with E-state index in [2.05, 4.69) is 11.6 Å². The zero-order valence-electron chi connectivity index (χ0n) is 8.04. The van der Waals surface area contributed by atoms with E-state index < -0.39 is 22.4 Å². The quantitative estimate of drug-likeness (QED) is 0.453. The lowest BCUT2D eigenvalue weighted by Crippen LogP contribution is -2.29. The maximum absolute atomic E-state index is 11.4. The summed E-state index contributed by atoms with van der Waals surface area (Å²) in [4.78, 5) is 35.6. The Bertz CT molecular complexity index is 470. The van der Waals surface area contributed by atoms with Crippen LogP contribution in [-0.4, -0.2) is 21.7 Å². The minimum absolute atomic E-state index is 0.227. The molecule has 16 heavy (non-hydrogen) atoms. The Morgan fingerprint density at radius 3 is 2.81 bits per heavy atom. The maximum Gasteiger partial charge on any atom is 0.300 e. The second kappa shape index (κ2) is 4.78. The molecule has 0 aliphatic rings. The molecule has 1 N–H and O–H groups in total. The second-order valence-corrected chi connectivity index (χ2v) is 2.67. The number of hydrogen-bond donors (Lipinski definition) is 1. The molecule has 0 atom stereocenters. The van der Waals surface area contributed by atoms with E-state index in [-0.39, 0.29) is 5.56 Å². The van der Waals surface area contributed by atoms with Crippen LogP contribution < -0.4 is 5.32 Å². The molecule has 0 aliphatic carbocycles. The van der Waals surface area contributed by atoms with Crippen molar-refractivity contribution in [3.8, 4) is 0 Å². The van der Waals surface area contributed by atoms with Crippen LogP contribution in [-0.2, 0) is 4.79 Å². The molecule has 0 saturated heterocycles. The Hall–Kier alpha value is -2.57. The van der Waals surface area contributed by atoms with Gasteiger partial charge in [-0.2, -0.15) is 0 Å². The van der Waals surface area contributed by atoms with Crippen LogP contribution in [0.2, 0.25) is 0 Å². The number of nitrogens with one attached hydrogen (secondary N) is 1. The fraction of sp³-hybridized carbons (Fsp3) is 0. The number of carbonyl (C=O) groups is 2. The number of rotatable bonds is 3. The number of pyridine rings is 1. The highest BCUT2D eigenvalue weighted by atomic mass is 16.6. The van der Waals surface area contributed by atoms with Crippen LogP contribution in [0.3, 0.4) is 0 Å².